The third-order valence-electron chi connectivity index (χ3n) is 2.51. The van der Waals surface area contributed by atoms with Crippen molar-refractivity contribution in [2.45, 2.75) is 0 Å². The number of carbonyl (C=O) groups excluding carboxylic acids is 1. The number of hydrogen-bond donors (Lipinski definition) is 2. The maximum atomic E-state index is 12.2. The lowest BCUT2D eigenvalue weighted by atomic mass is 10.4. The summed E-state index contributed by atoms with van der Waals surface area (Å²) in [7, 11) is 0. The molecule has 0 bridgehead atoms. The molecule has 0 aliphatic rings. The molecular weight excluding hydrogens is 330 g/mol. The topological polar surface area (TPSA) is 85.3 Å². The summed E-state index contributed by atoms with van der Waals surface area (Å²) in [6, 6.07) is 3.44. The summed E-state index contributed by atoms with van der Waals surface area (Å²) in [4.78, 5) is 16.1. The summed E-state index contributed by atoms with van der Waals surface area (Å²) >= 11 is 4.86. The van der Waals surface area contributed by atoms with Crippen LogP contribution in [-0.4, -0.2) is 20.5 Å². The fraction of sp³-hybridized carbons (Fsp3) is 0. The van der Waals surface area contributed by atoms with Crippen LogP contribution in [0.15, 0.2) is 33.6 Å². The molecule has 0 radical (unpaired) electrons. The molecule has 0 spiro atoms. The number of rotatable bonds is 2. The quantitative estimate of drug-likeness (QED) is 0.751. The summed E-state index contributed by atoms with van der Waals surface area (Å²) in [6.07, 6.45) is 1.57. The highest BCUT2D eigenvalue weighted by molar-refractivity contribution is 9.10. The zero-order chi connectivity index (χ0) is 13.4. The number of nitrogens with two attached hydrogens (primary N) is 1. The lowest BCUT2D eigenvalue weighted by molar-refractivity contribution is 0.102. The Morgan fingerprint density at radius 3 is 3.00 bits per heavy atom. The van der Waals surface area contributed by atoms with Gasteiger partial charge in [-0.3, -0.25) is 4.79 Å². The number of amides is 1. The van der Waals surface area contributed by atoms with Gasteiger partial charge in [-0.2, -0.15) is 0 Å². The fourth-order valence-corrected chi connectivity index (χ4v) is 2.97. The number of nitrogens with zero attached hydrogens (tertiary/aromatic N) is 3. The van der Waals surface area contributed by atoms with Gasteiger partial charge in [0.1, 0.15) is 5.69 Å². The van der Waals surface area contributed by atoms with Gasteiger partial charge in [0, 0.05) is 10.8 Å². The minimum atomic E-state index is -0.253. The Morgan fingerprint density at radius 2 is 2.26 bits per heavy atom. The van der Waals surface area contributed by atoms with E-state index in [0.717, 1.165) is 10.2 Å². The van der Waals surface area contributed by atoms with Crippen LogP contribution in [0.25, 0.3) is 5.52 Å². The number of aromatic nitrogens is 3. The van der Waals surface area contributed by atoms with Crippen molar-refractivity contribution in [3.05, 3.63) is 39.3 Å². The summed E-state index contributed by atoms with van der Waals surface area (Å²) < 4.78 is 2.32. The van der Waals surface area contributed by atoms with E-state index in [1.807, 2.05) is 10.8 Å². The normalized spacial score (nSPS) is 10.8. The molecule has 0 aromatic carbocycles. The maximum Gasteiger partial charge on any atom is 0.274 e. The van der Waals surface area contributed by atoms with Crippen molar-refractivity contribution >= 4 is 50.3 Å². The average molecular weight is 338 g/mol. The number of hydrogen-bond acceptors (Lipinski definition) is 5. The molecule has 0 aliphatic carbocycles. The van der Waals surface area contributed by atoms with E-state index >= 15 is 0 Å². The predicted octanol–water partition coefficient (Wildman–Crippen LogP) is 2.39. The number of nitrogen functional groups attached to an aromatic ring is 1. The van der Waals surface area contributed by atoms with Crippen LogP contribution >= 0.6 is 27.3 Å². The van der Waals surface area contributed by atoms with Gasteiger partial charge in [-0.25, -0.2) is 9.50 Å². The van der Waals surface area contributed by atoms with Crippen LogP contribution < -0.4 is 11.1 Å². The zero-order valence-corrected chi connectivity index (χ0v) is 11.9. The molecular formula is C11H8BrN5OS. The van der Waals surface area contributed by atoms with Crippen LogP contribution in [0.2, 0.25) is 0 Å². The highest BCUT2D eigenvalue weighted by Crippen LogP contribution is 2.27. The van der Waals surface area contributed by atoms with Gasteiger partial charge >= 0.3 is 0 Å². The minimum absolute atomic E-state index is 0.120. The Bertz CT molecular complexity index is 765. The largest absolute Gasteiger partial charge is 0.367 e. The third kappa shape index (κ3) is 2.20. The van der Waals surface area contributed by atoms with Crippen LogP contribution in [0.4, 0.5) is 11.6 Å². The second-order valence-electron chi connectivity index (χ2n) is 3.76. The third-order valence-corrected chi connectivity index (χ3v) is 4.21. The maximum absolute atomic E-state index is 12.2. The van der Waals surface area contributed by atoms with Gasteiger partial charge in [-0.05, 0) is 28.1 Å². The van der Waals surface area contributed by atoms with Crippen molar-refractivity contribution in [1.82, 2.24) is 14.6 Å². The van der Waals surface area contributed by atoms with E-state index < -0.39 is 0 Å². The van der Waals surface area contributed by atoms with Crippen molar-refractivity contribution in [3.63, 3.8) is 0 Å². The number of nitrogens with one attached hydrogen (secondary N) is 1. The summed E-state index contributed by atoms with van der Waals surface area (Å²) in [6.45, 7) is 0. The zero-order valence-electron chi connectivity index (χ0n) is 9.50. The first-order valence-corrected chi connectivity index (χ1v) is 7.02. The Hall–Kier alpha value is -1.93. The number of carbonyl (C=O) groups is 1. The lowest BCUT2D eigenvalue weighted by Gasteiger charge is -2.04. The summed E-state index contributed by atoms with van der Waals surface area (Å²) in [5.74, 6) is -0.133. The van der Waals surface area contributed by atoms with Gasteiger partial charge in [0.15, 0.2) is 0 Å². The molecule has 0 fully saturated rings. The Labute approximate surface area is 120 Å². The molecule has 0 aliphatic heterocycles. The molecule has 3 aromatic heterocycles. The Balaban J connectivity index is 1.98. The molecule has 6 nitrogen and oxygen atoms in total. The number of anilines is 2. The monoisotopic (exact) mass is 337 g/mol. The Kier molecular flexibility index (Phi) is 2.96. The highest BCUT2D eigenvalue weighted by atomic mass is 79.9. The second-order valence-corrected chi connectivity index (χ2v) is 5.36. The van der Waals surface area contributed by atoms with E-state index in [-0.39, 0.29) is 11.9 Å². The molecule has 3 N–H and O–H groups in total. The molecule has 19 heavy (non-hydrogen) atoms. The molecule has 0 atom stereocenters. The number of halogens is 1. The second kappa shape index (κ2) is 4.63. The van der Waals surface area contributed by atoms with Crippen molar-refractivity contribution in [3.8, 4) is 0 Å². The van der Waals surface area contributed by atoms with Crippen molar-refractivity contribution in [1.29, 1.82) is 0 Å². The fourth-order valence-electron chi connectivity index (χ4n) is 1.64. The molecule has 96 valence electrons. The highest BCUT2D eigenvalue weighted by Gasteiger charge is 2.14. The average Bonchev–Trinajstić information content (AvgIpc) is 2.96. The minimum Gasteiger partial charge on any atom is -0.367 e. The molecule has 8 heteroatoms. The molecule has 0 unspecified atom stereocenters. The van der Waals surface area contributed by atoms with Gasteiger partial charge in [0.05, 0.1) is 21.9 Å². The predicted molar refractivity (Wildman–Crippen MR) is 77.4 cm³/mol. The SMILES string of the molecule is Nc1ncc2ccc(C(=O)Nc3cscc3Br)n2n1. The van der Waals surface area contributed by atoms with Crippen molar-refractivity contribution in [2.75, 3.05) is 11.1 Å². The van der Waals surface area contributed by atoms with Crippen LogP contribution in [0.5, 0.6) is 0 Å². The Morgan fingerprint density at radius 1 is 1.42 bits per heavy atom. The first kappa shape index (κ1) is 12.1. The molecule has 1 amide bonds. The first-order chi connectivity index (χ1) is 9.15. The van der Waals surface area contributed by atoms with E-state index in [1.54, 1.807) is 18.3 Å². The van der Waals surface area contributed by atoms with Crippen LogP contribution in [0.3, 0.4) is 0 Å². The van der Waals surface area contributed by atoms with Crippen molar-refractivity contribution in [2.24, 2.45) is 0 Å². The molecule has 3 aromatic rings. The molecule has 0 saturated heterocycles. The van der Waals surface area contributed by atoms with E-state index in [9.17, 15) is 4.79 Å². The molecule has 3 rings (SSSR count). The van der Waals surface area contributed by atoms with E-state index in [2.05, 4.69) is 31.3 Å². The van der Waals surface area contributed by atoms with E-state index in [1.165, 1.54) is 15.9 Å². The summed E-state index contributed by atoms with van der Waals surface area (Å²) in [5, 5.41) is 10.6. The molecule has 3 heterocycles. The summed E-state index contributed by atoms with van der Waals surface area (Å²) in [5.41, 5.74) is 7.38. The van der Waals surface area contributed by atoms with Gasteiger partial charge in [-0.1, -0.05) is 0 Å². The standard InChI is InChI=1S/C11H8BrN5OS/c12-7-4-19-5-8(7)15-10(18)9-2-1-6-3-14-11(13)16-17(6)9/h1-5H,(H2,13,16)(H,15,18). The van der Waals surface area contributed by atoms with E-state index in [4.69, 9.17) is 5.73 Å². The van der Waals surface area contributed by atoms with Gasteiger partial charge in [0.25, 0.3) is 5.91 Å². The first-order valence-electron chi connectivity index (χ1n) is 5.28. The van der Waals surface area contributed by atoms with Crippen LogP contribution in [0.1, 0.15) is 10.5 Å². The number of fused-ring (bicyclic) bond motifs is 1. The van der Waals surface area contributed by atoms with E-state index in [0.29, 0.717) is 11.2 Å². The molecule has 0 saturated carbocycles. The van der Waals surface area contributed by atoms with Gasteiger partial charge in [0.2, 0.25) is 5.95 Å². The van der Waals surface area contributed by atoms with Crippen molar-refractivity contribution < 1.29 is 4.79 Å². The smallest absolute Gasteiger partial charge is 0.274 e. The van der Waals surface area contributed by atoms with Gasteiger partial charge in [-0.15, -0.1) is 16.4 Å². The van der Waals surface area contributed by atoms with Gasteiger partial charge < -0.3 is 11.1 Å². The number of thiophene rings is 1. The lowest BCUT2D eigenvalue weighted by Crippen LogP contribution is -2.15. The van der Waals surface area contributed by atoms with Crippen LogP contribution in [0, 0.1) is 0 Å². The van der Waals surface area contributed by atoms with Crippen LogP contribution in [-0.2, 0) is 0 Å².